The summed E-state index contributed by atoms with van der Waals surface area (Å²) >= 11 is 18.0. The molecule has 2 N–H and O–H groups in total. The van der Waals surface area contributed by atoms with E-state index in [-0.39, 0.29) is 0 Å². The third-order valence-electron chi connectivity index (χ3n) is 2.86. The summed E-state index contributed by atoms with van der Waals surface area (Å²) in [5.74, 6) is 0.466. The number of tetrazole rings is 1. The molecular weight excluding hydrogens is 333 g/mol. The highest BCUT2D eigenvalue weighted by Gasteiger charge is 2.15. The lowest BCUT2D eigenvalue weighted by Crippen LogP contribution is -2.02. The van der Waals surface area contributed by atoms with Gasteiger partial charge in [0.25, 0.3) is 0 Å². The van der Waals surface area contributed by atoms with Crippen molar-refractivity contribution in [3.05, 3.63) is 51.5 Å². The first kappa shape index (κ1) is 14.1. The molecule has 0 saturated carbocycles. The van der Waals surface area contributed by atoms with Crippen LogP contribution in [0.25, 0.3) is 17.1 Å². The van der Waals surface area contributed by atoms with Crippen molar-refractivity contribution in [3.63, 3.8) is 0 Å². The Morgan fingerprint density at radius 2 is 1.67 bits per heavy atom. The van der Waals surface area contributed by atoms with Gasteiger partial charge in [0, 0.05) is 21.3 Å². The van der Waals surface area contributed by atoms with E-state index in [0.29, 0.717) is 37.8 Å². The molecule has 0 amide bonds. The van der Waals surface area contributed by atoms with E-state index in [1.165, 1.54) is 4.68 Å². The van der Waals surface area contributed by atoms with Crippen molar-refractivity contribution in [2.75, 3.05) is 5.73 Å². The Morgan fingerprint density at radius 3 is 2.38 bits per heavy atom. The fourth-order valence-corrected chi connectivity index (χ4v) is 2.58. The Bertz CT molecular complexity index is 749. The first-order chi connectivity index (χ1) is 10.1. The largest absolute Gasteiger partial charge is 0.398 e. The zero-order valence-corrected chi connectivity index (χ0v) is 12.7. The van der Waals surface area contributed by atoms with Gasteiger partial charge in [-0.15, -0.1) is 5.10 Å². The number of hydrogen-bond donors (Lipinski definition) is 1. The maximum Gasteiger partial charge on any atom is 0.189 e. The Kier molecular flexibility index (Phi) is 3.71. The number of nitrogens with two attached hydrogens (primary N) is 1. The predicted octanol–water partition coefficient (Wildman–Crippen LogP) is 3.87. The number of nitrogens with zero attached hydrogens (tertiary/aromatic N) is 4. The maximum absolute atomic E-state index is 6.19. The summed E-state index contributed by atoms with van der Waals surface area (Å²) in [7, 11) is 0. The van der Waals surface area contributed by atoms with E-state index in [4.69, 9.17) is 40.5 Å². The van der Waals surface area contributed by atoms with E-state index in [1.807, 2.05) is 0 Å². The zero-order valence-electron chi connectivity index (χ0n) is 10.5. The van der Waals surface area contributed by atoms with E-state index in [9.17, 15) is 0 Å². The minimum atomic E-state index is 0.434. The third-order valence-corrected chi connectivity index (χ3v) is 3.63. The third kappa shape index (κ3) is 2.68. The van der Waals surface area contributed by atoms with Crippen molar-refractivity contribution in [2.45, 2.75) is 0 Å². The van der Waals surface area contributed by atoms with Crippen molar-refractivity contribution >= 4 is 40.5 Å². The number of nitrogen functional groups attached to an aromatic ring is 1. The van der Waals surface area contributed by atoms with Crippen LogP contribution >= 0.6 is 34.8 Å². The number of benzene rings is 2. The summed E-state index contributed by atoms with van der Waals surface area (Å²) in [6.45, 7) is 0. The summed E-state index contributed by atoms with van der Waals surface area (Å²) in [5.41, 5.74) is 7.72. The number of rotatable bonds is 2. The van der Waals surface area contributed by atoms with Crippen LogP contribution in [0.3, 0.4) is 0 Å². The molecule has 0 spiro atoms. The fourth-order valence-electron chi connectivity index (χ4n) is 1.91. The van der Waals surface area contributed by atoms with Crippen molar-refractivity contribution in [2.24, 2.45) is 0 Å². The van der Waals surface area contributed by atoms with Gasteiger partial charge in [0.15, 0.2) is 5.82 Å². The van der Waals surface area contributed by atoms with Crippen LogP contribution in [0.1, 0.15) is 0 Å². The van der Waals surface area contributed by atoms with Gasteiger partial charge < -0.3 is 5.73 Å². The summed E-state index contributed by atoms with van der Waals surface area (Å²) in [6, 6.07) is 10.2. The van der Waals surface area contributed by atoms with Crippen LogP contribution in [0.15, 0.2) is 36.4 Å². The second-order valence-electron chi connectivity index (χ2n) is 4.24. The topological polar surface area (TPSA) is 69.6 Å². The first-order valence-electron chi connectivity index (χ1n) is 5.85. The number of anilines is 1. The van der Waals surface area contributed by atoms with Gasteiger partial charge in [0.1, 0.15) is 0 Å². The molecule has 8 heteroatoms. The van der Waals surface area contributed by atoms with Crippen molar-refractivity contribution < 1.29 is 0 Å². The average molecular weight is 341 g/mol. The van der Waals surface area contributed by atoms with Gasteiger partial charge in [0.2, 0.25) is 0 Å². The zero-order chi connectivity index (χ0) is 15.0. The van der Waals surface area contributed by atoms with Crippen LogP contribution in [0.5, 0.6) is 0 Å². The van der Waals surface area contributed by atoms with Gasteiger partial charge in [0.05, 0.1) is 10.7 Å². The van der Waals surface area contributed by atoms with Gasteiger partial charge in [-0.2, -0.15) is 4.68 Å². The van der Waals surface area contributed by atoms with Crippen molar-refractivity contribution in [1.29, 1.82) is 0 Å². The summed E-state index contributed by atoms with van der Waals surface area (Å²) in [4.78, 5) is 0. The van der Waals surface area contributed by atoms with Crippen molar-refractivity contribution in [3.8, 4) is 17.1 Å². The second kappa shape index (κ2) is 5.52. The molecule has 0 radical (unpaired) electrons. The van der Waals surface area contributed by atoms with Crippen LogP contribution in [-0.2, 0) is 0 Å². The molecule has 3 rings (SSSR count). The van der Waals surface area contributed by atoms with Crippen molar-refractivity contribution in [1.82, 2.24) is 20.2 Å². The lowest BCUT2D eigenvalue weighted by atomic mass is 10.1. The molecule has 0 saturated heterocycles. The lowest BCUT2D eigenvalue weighted by molar-refractivity contribution is 0.791. The molecule has 0 unspecified atom stereocenters. The van der Waals surface area contributed by atoms with Crippen LogP contribution < -0.4 is 5.73 Å². The van der Waals surface area contributed by atoms with Gasteiger partial charge in [-0.05, 0) is 46.8 Å². The van der Waals surface area contributed by atoms with Crippen LogP contribution in [-0.4, -0.2) is 20.2 Å². The van der Waals surface area contributed by atoms with Gasteiger partial charge in [-0.25, -0.2) is 0 Å². The number of hydrogen-bond acceptors (Lipinski definition) is 4. The van der Waals surface area contributed by atoms with E-state index < -0.39 is 0 Å². The summed E-state index contributed by atoms with van der Waals surface area (Å²) < 4.78 is 1.50. The molecule has 3 aromatic rings. The molecule has 21 heavy (non-hydrogen) atoms. The maximum atomic E-state index is 6.19. The first-order valence-corrected chi connectivity index (χ1v) is 6.99. The second-order valence-corrected chi connectivity index (χ2v) is 5.52. The Labute approximate surface area is 135 Å². The standard InChI is InChI=1S/C13H8Cl3N5/c14-7-2-4-12(10(16)5-7)21-13(18-19-20-21)9-3-1-8(15)6-11(9)17/h1-6H,17H2. The molecule has 2 aromatic carbocycles. The summed E-state index contributed by atoms with van der Waals surface area (Å²) in [5, 5.41) is 13.2. The molecule has 1 heterocycles. The van der Waals surface area contributed by atoms with Crippen LogP contribution in [0.4, 0.5) is 5.69 Å². The molecule has 106 valence electrons. The van der Waals surface area contributed by atoms with Crippen LogP contribution in [0.2, 0.25) is 15.1 Å². The number of aromatic nitrogens is 4. The van der Waals surface area contributed by atoms with E-state index in [1.54, 1.807) is 36.4 Å². The van der Waals surface area contributed by atoms with Gasteiger partial charge >= 0.3 is 0 Å². The Balaban J connectivity index is 2.17. The quantitative estimate of drug-likeness (QED) is 0.719. The summed E-state index contributed by atoms with van der Waals surface area (Å²) in [6.07, 6.45) is 0. The highest BCUT2D eigenvalue weighted by atomic mass is 35.5. The Hall–Kier alpha value is -1.82. The van der Waals surface area contributed by atoms with Gasteiger partial charge in [-0.1, -0.05) is 34.8 Å². The molecule has 5 nitrogen and oxygen atoms in total. The molecule has 0 aliphatic heterocycles. The fraction of sp³-hybridized carbons (Fsp3) is 0. The number of halogens is 3. The molecule has 0 bridgehead atoms. The molecule has 0 atom stereocenters. The smallest absolute Gasteiger partial charge is 0.189 e. The monoisotopic (exact) mass is 339 g/mol. The Morgan fingerprint density at radius 1 is 0.952 bits per heavy atom. The minimum absolute atomic E-state index is 0.434. The average Bonchev–Trinajstić information content (AvgIpc) is 2.87. The normalized spacial score (nSPS) is 10.8. The lowest BCUT2D eigenvalue weighted by Gasteiger charge is -2.09. The highest BCUT2D eigenvalue weighted by molar-refractivity contribution is 6.35. The highest BCUT2D eigenvalue weighted by Crippen LogP contribution is 2.30. The van der Waals surface area contributed by atoms with E-state index in [0.717, 1.165) is 0 Å². The van der Waals surface area contributed by atoms with E-state index in [2.05, 4.69) is 15.5 Å². The van der Waals surface area contributed by atoms with Gasteiger partial charge in [-0.3, -0.25) is 0 Å². The predicted molar refractivity (Wildman–Crippen MR) is 84.0 cm³/mol. The van der Waals surface area contributed by atoms with E-state index >= 15 is 0 Å². The molecule has 0 aliphatic carbocycles. The SMILES string of the molecule is Nc1cc(Cl)ccc1-c1nnnn1-c1ccc(Cl)cc1Cl. The molecular formula is C13H8Cl3N5. The van der Waals surface area contributed by atoms with Crippen LogP contribution in [0, 0.1) is 0 Å². The molecule has 0 aliphatic rings. The minimum Gasteiger partial charge on any atom is -0.398 e. The molecule has 0 fully saturated rings. The molecule has 1 aromatic heterocycles.